The van der Waals surface area contributed by atoms with Gasteiger partial charge in [0.1, 0.15) is 0 Å². The summed E-state index contributed by atoms with van der Waals surface area (Å²) in [7, 11) is 3.55. The molecule has 0 bridgehead atoms. The largest absolute Gasteiger partial charge is 0.357 e. The number of carbonyl (C=O) groups is 1. The predicted octanol–water partition coefficient (Wildman–Crippen LogP) is 4.37. The van der Waals surface area contributed by atoms with Crippen LogP contribution in [0.4, 0.5) is 0 Å². The highest BCUT2D eigenvalue weighted by Crippen LogP contribution is 2.22. The Morgan fingerprint density at radius 1 is 1.00 bits per heavy atom. The molecule has 0 spiro atoms. The van der Waals surface area contributed by atoms with Gasteiger partial charge in [-0.25, -0.2) is 0 Å². The van der Waals surface area contributed by atoms with Crippen LogP contribution in [-0.4, -0.2) is 50.5 Å². The van der Waals surface area contributed by atoms with Gasteiger partial charge < -0.3 is 15.5 Å². The van der Waals surface area contributed by atoms with E-state index in [0.29, 0.717) is 0 Å². The first-order chi connectivity index (χ1) is 14.3. The SMILES string of the molecule is CCNC(=NCC(C)(C)Cc1ccccc1)NCCc1cccc(C(=O)N(C)C)c1.I. The first kappa shape index (κ1) is 26.9. The number of carbonyl (C=O) groups excluding carboxylic acids is 1. The van der Waals surface area contributed by atoms with Crippen molar-refractivity contribution in [1.29, 1.82) is 0 Å². The van der Waals surface area contributed by atoms with Crippen molar-refractivity contribution in [1.82, 2.24) is 15.5 Å². The maximum Gasteiger partial charge on any atom is 0.253 e. The second-order valence-electron chi connectivity index (χ2n) is 8.60. The van der Waals surface area contributed by atoms with E-state index in [1.54, 1.807) is 19.0 Å². The molecular formula is C25H37IN4O. The van der Waals surface area contributed by atoms with E-state index in [4.69, 9.17) is 4.99 Å². The molecule has 5 nitrogen and oxygen atoms in total. The van der Waals surface area contributed by atoms with Crippen molar-refractivity contribution in [2.24, 2.45) is 10.4 Å². The molecule has 0 aliphatic heterocycles. The van der Waals surface area contributed by atoms with Crippen LogP contribution in [0.3, 0.4) is 0 Å². The quantitative estimate of drug-likeness (QED) is 0.284. The molecule has 0 aliphatic carbocycles. The number of amides is 1. The van der Waals surface area contributed by atoms with Crippen LogP contribution < -0.4 is 10.6 Å². The molecule has 0 saturated carbocycles. The lowest BCUT2D eigenvalue weighted by Crippen LogP contribution is -2.39. The van der Waals surface area contributed by atoms with Crippen LogP contribution in [0, 0.1) is 5.41 Å². The molecule has 6 heteroatoms. The molecule has 2 N–H and O–H groups in total. The number of guanidine groups is 1. The van der Waals surface area contributed by atoms with Crippen molar-refractivity contribution >= 4 is 35.8 Å². The van der Waals surface area contributed by atoms with E-state index in [2.05, 4.69) is 61.7 Å². The Kier molecular flexibility index (Phi) is 11.6. The summed E-state index contributed by atoms with van der Waals surface area (Å²) >= 11 is 0. The topological polar surface area (TPSA) is 56.7 Å². The van der Waals surface area contributed by atoms with Crippen LogP contribution >= 0.6 is 24.0 Å². The zero-order valence-electron chi connectivity index (χ0n) is 19.4. The number of nitrogens with one attached hydrogen (secondary N) is 2. The summed E-state index contributed by atoms with van der Waals surface area (Å²) in [6, 6.07) is 18.4. The molecule has 0 unspecified atom stereocenters. The van der Waals surface area contributed by atoms with Gasteiger partial charge in [0.25, 0.3) is 5.91 Å². The van der Waals surface area contributed by atoms with Crippen molar-refractivity contribution < 1.29 is 4.79 Å². The monoisotopic (exact) mass is 536 g/mol. The van der Waals surface area contributed by atoms with Gasteiger partial charge in [-0.05, 0) is 48.4 Å². The minimum Gasteiger partial charge on any atom is -0.357 e. The second kappa shape index (κ2) is 13.3. The zero-order chi connectivity index (χ0) is 22.0. The van der Waals surface area contributed by atoms with E-state index < -0.39 is 0 Å². The Hall–Kier alpha value is -2.09. The number of nitrogens with zero attached hydrogens (tertiary/aromatic N) is 2. The molecule has 1 amide bonds. The van der Waals surface area contributed by atoms with Gasteiger partial charge in [0.15, 0.2) is 5.96 Å². The van der Waals surface area contributed by atoms with Crippen molar-refractivity contribution in [3.8, 4) is 0 Å². The van der Waals surface area contributed by atoms with Gasteiger partial charge in [0.2, 0.25) is 0 Å². The molecule has 0 radical (unpaired) electrons. The van der Waals surface area contributed by atoms with Crippen molar-refractivity contribution in [2.45, 2.75) is 33.6 Å². The van der Waals surface area contributed by atoms with Gasteiger partial charge in [-0.3, -0.25) is 9.79 Å². The van der Waals surface area contributed by atoms with Gasteiger partial charge in [-0.2, -0.15) is 0 Å². The Morgan fingerprint density at radius 2 is 1.68 bits per heavy atom. The highest BCUT2D eigenvalue weighted by atomic mass is 127. The smallest absolute Gasteiger partial charge is 0.253 e. The lowest BCUT2D eigenvalue weighted by molar-refractivity contribution is 0.0827. The van der Waals surface area contributed by atoms with Gasteiger partial charge in [-0.1, -0.05) is 56.3 Å². The summed E-state index contributed by atoms with van der Waals surface area (Å²) in [4.78, 5) is 18.6. The standard InChI is InChI=1S/C25H36N4O.HI/c1-6-26-24(28-19-25(2,3)18-21-11-8-7-9-12-21)27-16-15-20-13-10-14-22(17-20)23(30)29(4)5;/h7-14,17H,6,15-16,18-19H2,1-5H3,(H2,26,27,28);1H. The Balaban J connectivity index is 0.00000480. The van der Waals surface area contributed by atoms with E-state index >= 15 is 0 Å². The third-order valence-electron chi connectivity index (χ3n) is 4.82. The maximum atomic E-state index is 12.2. The molecule has 2 rings (SSSR count). The van der Waals surface area contributed by atoms with Gasteiger partial charge in [0, 0.05) is 39.3 Å². The van der Waals surface area contributed by atoms with Crippen LogP contribution in [0.1, 0.15) is 42.3 Å². The molecule has 0 aromatic heterocycles. The molecule has 31 heavy (non-hydrogen) atoms. The Morgan fingerprint density at radius 3 is 2.32 bits per heavy atom. The van der Waals surface area contributed by atoms with Crippen molar-refractivity contribution in [3.05, 3.63) is 71.3 Å². The van der Waals surface area contributed by atoms with Crippen LogP contribution in [0.2, 0.25) is 0 Å². The van der Waals surface area contributed by atoms with Crippen LogP contribution in [0.15, 0.2) is 59.6 Å². The van der Waals surface area contributed by atoms with E-state index in [9.17, 15) is 4.79 Å². The average molecular weight is 537 g/mol. The van der Waals surface area contributed by atoms with Crippen LogP contribution in [0.5, 0.6) is 0 Å². The molecule has 2 aromatic rings. The minimum atomic E-state index is 0. The maximum absolute atomic E-state index is 12.2. The fraction of sp³-hybridized carbons (Fsp3) is 0.440. The molecule has 0 fully saturated rings. The number of benzene rings is 2. The first-order valence-corrected chi connectivity index (χ1v) is 10.7. The Labute approximate surface area is 204 Å². The highest BCUT2D eigenvalue weighted by Gasteiger charge is 2.18. The molecule has 0 atom stereocenters. The second-order valence-corrected chi connectivity index (χ2v) is 8.60. The van der Waals surface area contributed by atoms with E-state index in [1.165, 1.54) is 5.56 Å². The van der Waals surface area contributed by atoms with Gasteiger partial charge >= 0.3 is 0 Å². The summed E-state index contributed by atoms with van der Waals surface area (Å²) in [6.45, 7) is 8.88. The number of rotatable bonds is 9. The minimum absolute atomic E-state index is 0. The normalized spacial score (nSPS) is 11.5. The number of hydrogen-bond acceptors (Lipinski definition) is 2. The number of aliphatic imine (C=N–C) groups is 1. The summed E-state index contributed by atoms with van der Waals surface area (Å²) in [5.74, 6) is 0.861. The van der Waals surface area contributed by atoms with Gasteiger partial charge in [-0.15, -0.1) is 24.0 Å². The van der Waals surface area contributed by atoms with E-state index in [1.807, 2.05) is 24.3 Å². The third-order valence-corrected chi connectivity index (χ3v) is 4.82. The number of halogens is 1. The van der Waals surface area contributed by atoms with Crippen LogP contribution in [0.25, 0.3) is 0 Å². The predicted molar refractivity (Wildman–Crippen MR) is 141 cm³/mol. The lowest BCUT2D eigenvalue weighted by Gasteiger charge is -2.23. The molecule has 170 valence electrons. The molecule has 0 saturated heterocycles. The summed E-state index contributed by atoms with van der Waals surface area (Å²) in [6.07, 6.45) is 1.82. The number of hydrogen-bond donors (Lipinski definition) is 2. The molecular weight excluding hydrogens is 499 g/mol. The average Bonchev–Trinajstić information content (AvgIpc) is 2.72. The zero-order valence-corrected chi connectivity index (χ0v) is 21.8. The van der Waals surface area contributed by atoms with Crippen molar-refractivity contribution in [2.75, 3.05) is 33.7 Å². The first-order valence-electron chi connectivity index (χ1n) is 10.7. The van der Waals surface area contributed by atoms with E-state index in [-0.39, 0.29) is 35.3 Å². The molecule has 0 aliphatic rings. The fourth-order valence-electron chi connectivity index (χ4n) is 3.28. The van der Waals surface area contributed by atoms with Crippen LogP contribution in [-0.2, 0) is 12.8 Å². The Bertz CT molecular complexity index is 834. The summed E-state index contributed by atoms with van der Waals surface area (Å²) in [5.41, 5.74) is 3.27. The van der Waals surface area contributed by atoms with E-state index in [0.717, 1.165) is 49.6 Å². The lowest BCUT2D eigenvalue weighted by atomic mass is 9.86. The summed E-state index contributed by atoms with van der Waals surface area (Å²) in [5, 5.41) is 6.75. The molecule has 0 heterocycles. The molecule has 2 aromatic carbocycles. The highest BCUT2D eigenvalue weighted by molar-refractivity contribution is 14.0. The fourth-order valence-corrected chi connectivity index (χ4v) is 3.28. The summed E-state index contributed by atoms with van der Waals surface area (Å²) < 4.78 is 0. The van der Waals surface area contributed by atoms with Gasteiger partial charge in [0.05, 0.1) is 0 Å². The van der Waals surface area contributed by atoms with Crippen molar-refractivity contribution in [3.63, 3.8) is 0 Å². The third kappa shape index (κ3) is 9.72.